The van der Waals surface area contributed by atoms with Gasteiger partial charge in [0.25, 0.3) is 0 Å². The zero-order valence-electron chi connectivity index (χ0n) is 7.22. The Morgan fingerprint density at radius 3 is 2.30 bits per heavy atom. The van der Waals surface area contributed by atoms with Crippen LogP contribution >= 0.6 is 0 Å². The highest BCUT2D eigenvalue weighted by Gasteiger charge is 2.11. The summed E-state index contributed by atoms with van der Waals surface area (Å²) in [4.78, 5) is 3.72. The quantitative estimate of drug-likeness (QED) is 0.599. The summed E-state index contributed by atoms with van der Waals surface area (Å²) in [6.45, 7) is 9.98. The van der Waals surface area contributed by atoms with Crippen molar-refractivity contribution in [3.63, 3.8) is 0 Å². The summed E-state index contributed by atoms with van der Waals surface area (Å²) in [6, 6.07) is 0. The predicted octanol–water partition coefficient (Wildman–Crippen LogP) is 1.80. The number of nitrogens with zero attached hydrogens (tertiary/aromatic N) is 1. The number of hydrogen-bond acceptors (Lipinski definition) is 2. The van der Waals surface area contributed by atoms with Crippen molar-refractivity contribution in [1.29, 1.82) is 0 Å². The fraction of sp³-hybridized carbons (Fsp3) is 0.875. The Morgan fingerprint density at radius 2 is 2.00 bits per heavy atom. The molecule has 0 aromatic rings. The average molecular weight is 142 g/mol. The molecule has 0 aliphatic carbocycles. The van der Waals surface area contributed by atoms with Crippen LogP contribution in [0.25, 0.3) is 0 Å². The molecule has 2 N–H and O–H groups in total. The molecule has 0 fully saturated rings. The molecule has 0 aromatic heterocycles. The lowest BCUT2D eigenvalue weighted by molar-refractivity contribution is 0.350. The second-order valence-corrected chi connectivity index (χ2v) is 3.85. The maximum Gasteiger partial charge on any atom is 0.0962 e. The molecule has 2 heteroatoms. The van der Waals surface area contributed by atoms with E-state index in [4.69, 9.17) is 5.73 Å². The molecule has 0 bridgehead atoms. The number of rotatable bonds is 3. The molecule has 0 aliphatic rings. The van der Waals surface area contributed by atoms with Crippen LogP contribution in [0.2, 0.25) is 0 Å². The zero-order chi connectivity index (χ0) is 8.20. The van der Waals surface area contributed by atoms with Crippen molar-refractivity contribution >= 4 is 6.72 Å². The average Bonchev–Trinajstić information content (AvgIpc) is 1.81. The summed E-state index contributed by atoms with van der Waals surface area (Å²) in [5.74, 6) is 0. The molecule has 0 spiro atoms. The number of aliphatic imine (C=N–C) groups is 1. The van der Waals surface area contributed by atoms with Gasteiger partial charge < -0.3 is 5.73 Å². The van der Waals surface area contributed by atoms with Crippen LogP contribution in [0.1, 0.15) is 33.6 Å². The molecule has 0 rings (SSSR count). The number of hydrogen-bond donors (Lipinski definition) is 1. The summed E-state index contributed by atoms with van der Waals surface area (Å²) < 4.78 is 0. The van der Waals surface area contributed by atoms with Crippen molar-refractivity contribution in [2.24, 2.45) is 16.1 Å². The third kappa shape index (κ3) is 5.76. The van der Waals surface area contributed by atoms with Crippen molar-refractivity contribution in [3.8, 4) is 0 Å². The van der Waals surface area contributed by atoms with E-state index in [0.717, 1.165) is 12.8 Å². The van der Waals surface area contributed by atoms with Crippen LogP contribution in [0.5, 0.6) is 0 Å². The van der Waals surface area contributed by atoms with Crippen LogP contribution in [0.4, 0.5) is 0 Å². The minimum absolute atomic E-state index is 0.0702. The molecule has 0 radical (unpaired) electrons. The lowest BCUT2D eigenvalue weighted by Crippen LogP contribution is -2.19. The fourth-order valence-electron chi connectivity index (χ4n) is 0.672. The summed E-state index contributed by atoms with van der Waals surface area (Å²) in [6.07, 6.45) is 1.97. The second kappa shape index (κ2) is 3.71. The van der Waals surface area contributed by atoms with Crippen molar-refractivity contribution in [2.45, 2.75) is 39.8 Å². The molecule has 1 atom stereocenters. The highest BCUT2D eigenvalue weighted by atomic mass is 14.9. The minimum Gasteiger partial charge on any atom is -0.310 e. The summed E-state index contributed by atoms with van der Waals surface area (Å²) >= 11 is 0. The van der Waals surface area contributed by atoms with Gasteiger partial charge in [0.1, 0.15) is 0 Å². The summed E-state index contributed by atoms with van der Waals surface area (Å²) in [7, 11) is 0. The monoisotopic (exact) mass is 142 g/mol. The molecular formula is C8H18N2. The Morgan fingerprint density at radius 1 is 1.50 bits per heavy atom. The van der Waals surface area contributed by atoms with Gasteiger partial charge in [-0.15, -0.1) is 0 Å². The van der Waals surface area contributed by atoms with Crippen LogP contribution in [0, 0.1) is 5.41 Å². The molecule has 0 saturated heterocycles. The Kier molecular flexibility index (Phi) is 3.58. The predicted molar refractivity (Wildman–Crippen MR) is 46.2 cm³/mol. The summed E-state index contributed by atoms with van der Waals surface area (Å²) in [5, 5.41) is 0. The van der Waals surface area contributed by atoms with E-state index in [0.29, 0.717) is 5.41 Å². The largest absolute Gasteiger partial charge is 0.310 e. The molecule has 0 amide bonds. The van der Waals surface area contributed by atoms with E-state index in [9.17, 15) is 0 Å². The van der Waals surface area contributed by atoms with E-state index in [1.165, 1.54) is 0 Å². The van der Waals surface area contributed by atoms with Gasteiger partial charge >= 0.3 is 0 Å². The van der Waals surface area contributed by atoms with Crippen LogP contribution < -0.4 is 5.73 Å². The second-order valence-electron chi connectivity index (χ2n) is 3.85. The third-order valence-corrected chi connectivity index (χ3v) is 1.42. The maximum absolute atomic E-state index is 5.55. The smallest absolute Gasteiger partial charge is 0.0962 e. The first-order chi connectivity index (χ1) is 4.45. The Labute approximate surface area is 63.5 Å². The highest BCUT2D eigenvalue weighted by molar-refractivity contribution is 5.23. The van der Waals surface area contributed by atoms with Crippen LogP contribution in [-0.4, -0.2) is 12.9 Å². The van der Waals surface area contributed by atoms with Crippen LogP contribution in [0.3, 0.4) is 0 Å². The first-order valence-corrected chi connectivity index (χ1v) is 3.67. The van der Waals surface area contributed by atoms with E-state index in [1.807, 2.05) is 0 Å². The first kappa shape index (κ1) is 9.63. The highest BCUT2D eigenvalue weighted by Crippen LogP contribution is 2.20. The molecule has 60 valence electrons. The lowest BCUT2D eigenvalue weighted by atomic mass is 9.90. The standard InChI is InChI=1S/C8H18N2/c1-8(2,3)6-5-7(9)10-4/h7H,4-6,9H2,1-3H3. The van der Waals surface area contributed by atoms with E-state index < -0.39 is 0 Å². The Hall–Kier alpha value is -0.370. The Balaban J connectivity index is 3.45. The number of nitrogens with two attached hydrogens (primary N) is 1. The molecule has 0 saturated carbocycles. The topological polar surface area (TPSA) is 38.4 Å². The molecule has 0 aliphatic heterocycles. The van der Waals surface area contributed by atoms with E-state index in [2.05, 4.69) is 32.5 Å². The van der Waals surface area contributed by atoms with Gasteiger partial charge in [0.15, 0.2) is 0 Å². The Bertz CT molecular complexity index is 102. The van der Waals surface area contributed by atoms with Crippen molar-refractivity contribution in [3.05, 3.63) is 0 Å². The van der Waals surface area contributed by atoms with Gasteiger partial charge in [-0.1, -0.05) is 20.8 Å². The summed E-state index contributed by atoms with van der Waals surface area (Å²) in [5.41, 5.74) is 5.91. The van der Waals surface area contributed by atoms with Gasteiger partial charge in [0.05, 0.1) is 6.17 Å². The van der Waals surface area contributed by atoms with Gasteiger partial charge in [-0.25, -0.2) is 0 Å². The third-order valence-electron chi connectivity index (χ3n) is 1.42. The molecule has 0 aromatic carbocycles. The first-order valence-electron chi connectivity index (χ1n) is 3.67. The van der Waals surface area contributed by atoms with Gasteiger partial charge in [-0.2, -0.15) is 0 Å². The molecule has 2 nitrogen and oxygen atoms in total. The van der Waals surface area contributed by atoms with Gasteiger partial charge in [-0.3, -0.25) is 4.99 Å². The van der Waals surface area contributed by atoms with E-state index in [-0.39, 0.29) is 6.17 Å². The lowest BCUT2D eigenvalue weighted by Gasteiger charge is -2.18. The van der Waals surface area contributed by atoms with Gasteiger partial charge in [0.2, 0.25) is 0 Å². The molecule has 1 unspecified atom stereocenters. The van der Waals surface area contributed by atoms with Crippen molar-refractivity contribution in [1.82, 2.24) is 0 Å². The molecule has 10 heavy (non-hydrogen) atoms. The van der Waals surface area contributed by atoms with Crippen molar-refractivity contribution < 1.29 is 0 Å². The fourth-order valence-corrected chi connectivity index (χ4v) is 0.672. The molecule has 0 heterocycles. The van der Waals surface area contributed by atoms with E-state index >= 15 is 0 Å². The maximum atomic E-state index is 5.55. The van der Waals surface area contributed by atoms with Gasteiger partial charge in [-0.05, 0) is 25.0 Å². The zero-order valence-corrected chi connectivity index (χ0v) is 7.22. The van der Waals surface area contributed by atoms with Crippen LogP contribution in [-0.2, 0) is 0 Å². The minimum atomic E-state index is -0.0702. The van der Waals surface area contributed by atoms with Crippen LogP contribution in [0.15, 0.2) is 4.99 Å². The van der Waals surface area contributed by atoms with E-state index in [1.54, 1.807) is 0 Å². The van der Waals surface area contributed by atoms with Gasteiger partial charge in [0, 0.05) is 0 Å². The SMILES string of the molecule is C=NC(N)CCC(C)(C)C. The normalized spacial score (nSPS) is 14.8. The molecular weight excluding hydrogens is 124 g/mol. The van der Waals surface area contributed by atoms with Crippen molar-refractivity contribution in [2.75, 3.05) is 0 Å².